The first kappa shape index (κ1) is 11.8. The number of carbonyl (C=O) groups is 1. The van der Waals surface area contributed by atoms with Crippen LogP contribution < -0.4 is 5.32 Å². The summed E-state index contributed by atoms with van der Waals surface area (Å²) in [5.74, 6) is -0.326. The van der Waals surface area contributed by atoms with Gasteiger partial charge in [-0.2, -0.15) is 0 Å². The van der Waals surface area contributed by atoms with Gasteiger partial charge in [-0.3, -0.25) is 4.79 Å². The van der Waals surface area contributed by atoms with Gasteiger partial charge >= 0.3 is 0 Å². The fourth-order valence-electron chi connectivity index (χ4n) is 1.43. The van der Waals surface area contributed by atoms with E-state index in [9.17, 15) is 4.79 Å². The molecule has 1 aromatic rings. The maximum absolute atomic E-state index is 11.3. The molecular formula is C12H14ClNO. The van der Waals surface area contributed by atoms with Crippen LogP contribution in [0.15, 0.2) is 35.9 Å². The molecule has 0 fully saturated rings. The third-order valence-corrected chi connectivity index (χ3v) is 2.42. The molecule has 0 radical (unpaired) electrons. The minimum Gasteiger partial charge on any atom is -0.345 e. The van der Waals surface area contributed by atoms with Crippen molar-refractivity contribution < 1.29 is 4.79 Å². The van der Waals surface area contributed by atoms with E-state index in [-0.39, 0.29) is 17.0 Å². The highest BCUT2D eigenvalue weighted by Crippen LogP contribution is 2.17. The first-order chi connectivity index (χ1) is 7.02. The highest BCUT2D eigenvalue weighted by atomic mass is 35.5. The molecule has 80 valence electrons. The summed E-state index contributed by atoms with van der Waals surface area (Å²) in [5.41, 5.74) is 2.23. The van der Waals surface area contributed by atoms with Gasteiger partial charge in [0.2, 0.25) is 0 Å². The maximum atomic E-state index is 11.3. The average Bonchev–Trinajstić information content (AvgIpc) is 2.18. The number of aryl methyl sites for hydroxylation is 1. The lowest BCUT2D eigenvalue weighted by Crippen LogP contribution is -2.26. The fourth-order valence-corrected chi connectivity index (χ4v) is 1.48. The molecule has 1 N–H and O–H groups in total. The number of hydrogen-bond acceptors (Lipinski definition) is 1. The zero-order chi connectivity index (χ0) is 11.4. The smallest absolute Gasteiger partial charge is 0.262 e. The monoisotopic (exact) mass is 223 g/mol. The zero-order valence-corrected chi connectivity index (χ0v) is 9.64. The summed E-state index contributed by atoms with van der Waals surface area (Å²) in [5, 5.41) is 2.78. The quantitative estimate of drug-likeness (QED) is 0.785. The van der Waals surface area contributed by atoms with Crippen molar-refractivity contribution in [2.75, 3.05) is 0 Å². The molecule has 0 saturated heterocycles. The number of nitrogens with one attached hydrogen (secondary N) is 1. The second-order valence-corrected chi connectivity index (χ2v) is 3.91. The molecule has 1 rings (SSSR count). The molecular weight excluding hydrogens is 210 g/mol. The molecule has 0 unspecified atom stereocenters. The molecule has 0 aromatic heterocycles. The normalized spacial score (nSPS) is 11.9. The third-order valence-electron chi connectivity index (χ3n) is 2.25. The number of benzene rings is 1. The van der Waals surface area contributed by atoms with E-state index in [4.69, 9.17) is 11.6 Å². The average molecular weight is 224 g/mol. The van der Waals surface area contributed by atoms with Crippen molar-refractivity contribution in [1.82, 2.24) is 5.32 Å². The van der Waals surface area contributed by atoms with Crippen LogP contribution in [-0.2, 0) is 4.79 Å². The van der Waals surface area contributed by atoms with Crippen molar-refractivity contribution in [2.24, 2.45) is 0 Å². The predicted octanol–water partition coefficient (Wildman–Crippen LogP) is 2.92. The maximum Gasteiger partial charge on any atom is 0.262 e. The molecule has 1 aromatic carbocycles. The van der Waals surface area contributed by atoms with Gasteiger partial charge in [-0.1, -0.05) is 42.4 Å². The molecule has 1 atom stereocenters. The summed E-state index contributed by atoms with van der Waals surface area (Å²) in [6.07, 6.45) is 0. The molecule has 1 amide bonds. The SMILES string of the molecule is C=C(Cl)C(=O)N[C@H](C)c1ccccc1C. The van der Waals surface area contributed by atoms with Crippen molar-refractivity contribution in [2.45, 2.75) is 19.9 Å². The molecule has 0 spiro atoms. The van der Waals surface area contributed by atoms with Crippen molar-refractivity contribution in [3.8, 4) is 0 Å². The number of rotatable bonds is 3. The van der Waals surface area contributed by atoms with E-state index in [1.165, 1.54) is 0 Å². The van der Waals surface area contributed by atoms with Crippen molar-refractivity contribution in [1.29, 1.82) is 0 Å². The van der Waals surface area contributed by atoms with Gasteiger partial charge in [-0.15, -0.1) is 0 Å². The van der Waals surface area contributed by atoms with Gasteiger partial charge in [0.1, 0.15) is 0 Å². The lowest BCUT2D eigenvalue weighted by atomic mass is 10.0. The van der Waals surface area contributed by atoms with Crippen molar-refractivity contribution in [3.63, 3.8) is 0 Å². The Labute approximate surface area is 94.9 Å². The van der Waals surface area contributed by atoms with Crippen LogP contribution in [0.2, 0.25) is 0 Å². The van der Waals surface area contributed by atoms with Crippen molar-refractivity contribution >= 4 is 17.5 Å². The Bertz CT molecular complexity index is 387. The summed E-state index contributed by atoms with van der Waals surface area (Å²) in [6.45, 7) is 7.30. The standard InChI is InChI=1S/C12H14ClNO/c1-8-6-4-5-7-11(8)10(3)14-12(15)9(2)13/h4-7,10H,2H2,1,3H3,(H,14,15)/t10-/m1/s1. The molecule has 2 nitrogen and oxygen atoms in total. The second-order valence-electron chi connectivity index (χ2n) is 3.46. The van der Waals surface area contributed by atoms with E-state index >= 15 is 0 Å². The topological polar surface area (TPSA) is 29.1 Å². The van der Waals surface area contributed by atoms with Crippen LogP contribution in [0.4, 0.5) is 0 Å². The summed E-state index contributed by atoms with van der Waals surface area (Å²) >= 11 is 5.49. The van der Waals surface area contributed by atoms with E-state index < -0.39 is 0 Å². The van der Waals surface area contributed by atoms with E-state index in [1.807, 2.05) is 38.1 Å². The van der Waals surface area contributed by atoms with E-state index in [0.29, 0.717) is 0 Å². The molecule has 3 heteroatoms. The van der Waals surface area contributed by atoms with Crippen LogP contribution in [-0.4, -0.2) is 5.91 Å². The van der Waals surface area contributed by atoms with Gasteiger partial charge in [0.15, 0.2) is 0 Å². The Hall–Kier alpha value is -1.28. The Morgan fingerprint density at radius 2 is 2.07 bits per heavy atom. The van der Waals surface area contributed by atoms with Crippen LogP contribution in [0.1, 0.15) is 24.1 Å². The molecule has 0 aliphatic rings. The van der Waals surface area contributed by atoms with Gasteiger partial charge in [-0.05, 0) is 25.0 Å². The van der Waals surface area contributed by atoms with Gasteiger partial charge < -0.3 is 5.32 Å². The van der Waals surface area contributed by atoms with Crippen LogP contribution >= 0.6 is 11.6 Å². The number of amides is 1. The van der Waals surface area contributed by atoms with Gasteiger partial charge in [0.05, 0.1) is 11.1 Å². The van der Waals surface area contributed by atoms with Crippen LogP contribution in [0, 0.1) is 6.92 Å². The molecule has 0 aliphatic carbocycles. The molecule has 15 heavy (non-hydrogen) atoms. The molecule has 0 saturated carbocycles. The molecule has 0 heterocycles. The zero-order valence-electron chi connectivity index (χ0n) is 8.88. The first-order valence-electron chi connectivity index (χ1n) is 4.73. The number of hydrogen-bond donors (Lipinski definition) is 1. The minimum absolute atomic E-state index is 0.00966. The first-order valence-corrected chi connectivity index (χ1v) is 5.11. The van der Waals surface area contributed by atoms with E-state index in [1.54, 1.807) is 0 Å². The van der Waals surface area contributed by atoms with Crippen LogP contribution in [0.25, 0.3) is 0 Å². The predicted molar refractivity (Wildman–Crippen MR) is 62.7 cm³/mol. The van der Waals surface area contributed by atoms with Crippen LogP contribution in [0.5, 0.6) is 0 Å². The summed E-state index contributed by atoms with van der Waals surface area (Å²) in [7, 11) is 0. The highest BCUT2D eigenvalue weighted by Gasteiger charge is 2.11. The Kier molecular flexibility index (Phi) is 3.92. The molecule has 0 bridgehead atoms. The summed E-state index contributed by atoms with van der Waals surface area (Å²) in [4.78, 5) is 11.3. The number of halogens is 1. The molecule has 0 aliphatic heterocycles. The lowest BCUT2D eigenvalue weighted by Gasteiger charge is -2.15. The van der Waals surface area contributed by atoms with E-state index in [0.717, 1.165) is 11.1 Å². The Balaban J connectivity index is 2.78. The van der Waals surface area contributed by atoms with Gasteiger partial charge in [0, 0.05) is 0 Å². The highest BCUT2D eigenvalue weighted by molar-refractivity contribution is 6.41. The van der Waals surface area contributed by atoms with Crippen LogP contribution in [0.3, 0.4) is 0 Å². The fraction of sp³-hybridized carbons (Fsp3) is 0.250. The third kappa shape index (κ3) is 3.10. The van der Waals surface area contributed by atoms with Gasteiger partial charge in [0.25, 0.3) is 5.91 Å². The minimum atomic E-state index is -0.326. The van der Waals surface area contributed by atoms with E-state index in [2.05, 4.69) is 11.9 Å². The summed E-state index contributed by atoms with van der Waals surface area (Å²) < 4.78 is 0. The van der Waals surface area contributed by atoms with Crippen molar-refractivity contribution in [3.05, 3.63) is 47.0 Å². The lowest BCUT2D eigenvalue weighted by molar-refractivity contribution is -0.117. The Morgan fingerprint density at radius 1 is 1.47 bits per heavy atom. The second kappa shape index (κ2) is 4.99. The number of carbonyl (C=O) groups excluding carboxylic acids is 1. The summed E-state index contributed by atoms with van der Waals surface area (Å²) in [6, 6.07) is 7.84. The Morgan fingerprint density at radius 3 is 2.60 bits per heavy atom. The van der Waals surface area contributed by atoms with Gasteiger partial charge in [-0.25, -0.2) is 0 Å². The largest absolute Gasteiger partial charge is 0.345 e.